The lowest BCUT2D eigenvalue weighted by Crippen LogP contribution is -2.37. The van der Waals surface area contributed by atoms with Crippen molar-refractivity contribution >= 4 is 11.7 Å². The van der Waals surface area contributed by atoms with Crippen molar-refractivity contribution in [1.82, 2.24) is 5.32 Å². The predicted octanol–water partition coefficient (Wildman–Crippen LogP) is 2.69. The Labute approximate surface area is 161 Å². The van der Waals surface area contributed by atoms with Gasteiger partial charge in [-0.05, 0) is 18.2 Å². The second kappa shape index (κ2) is 7.73. The van der Waals surface area contributed by atoms with Crippen molar-refractivity contribution < 1.29 is 27.8 Å². The van der Waals surface area contributed by atoms with Crippen LogP contribution in [0.2, 0.25) is 0 Å². The number of hydrogen-bond acceptors (Lipinski definition) is 6. The van der Waals surface area contributed by atoms with E-state index in [-0.39, 0.29) is 23.4 Å². The van der Waals surface area contributed by atoms with Crippen molar-refractivity contribution in [1.29, 1.82) is 0 Å². The van der Waals surface area contributed by atoms with Crippen LogP contribution in [0.15, 0.2) is 24.3 Å². The number of ether oxygens (including phenoxy) is 3. The summed E-state index contributed by atoms with van der Waals surface area (Å²) in [5, 5.41) is 3.03. The van der Waals surface area contributed by atoms with Crippen molar-refractivity contribution in [2.45, 2.75) is 6.54 Å². The third kappa shape index (κ3) is 3.29. The van der Waals surface area contributed by atoms with Crippen LogP contribution >= 0.6 is 0 Å². The van der Waals surface area contributed by atoms with E-state index in [1.165, 1.54) is 19.2 Å². The molecule has 148 valence electrons. The SMILES string of the molecule is COC(=O)c1cc(F)c(-c2c(F)ccc3c2OCNC3)cc1N1CCOCC1. The maximum Gasteiger partial charge on any atom is 0.340 e. The minimum absolute atomic E-state index is 0.0467. The van der Waals surface area contributed by atoms with Gasteiger partial charge < -0.3 is 19.1 Å². The van der Waals surface area contributed by atoms with E-state index in [2.05, 4.69) is 5.32 Å². The summed E-state index contributed by atoms with van der Waals surface area (Å²) in [6, 6.07) is 5.51. The maximum absolute atomic E-state index is 15.0. The van der Waals surface area contributed by atoms with Crippen LogP contribution in [0, 0.1) is 11.6 Å². The second-order valence-electron chi connectivity index (χ2n) is 6.57. The number of nitrogens with one attached hydrogen (secondary N) is 1. The van der Waals surface area contributed by atoms with Gasteiger partial charge in [-0.2, -0.15) is 0 Å². The van der Waals surface area contributed by atoms with E-state index >= 15 is 4.39 Å². The van der Waals surface area contributed by atoms with E-state index in [0.717, 1.165) is 11.6 Å². The Bertz CT molecular complexity index is 914. The quantitative estimate of drug-likeness (QED) is 0.814. The van der Waals surface area contributed by atoms with E-state index in [1.807, 2.05) is 4.90 Å². The Morgan fingerprint density at radius 1 is 1.18 bits per heavy atom. The Kier molecular flexibility index (Phi) is 5.15. The summed E-state index contributed by atoms with van der Waals surface area (Å²) < 4.78 is 45.6. The van der Waals surface area contributed by atoms with Crippen LogP contribution in [-0.4, -0.2) is 46.1 Å². The average molecular weight is 390 g/mol. The van der Waals surface area contributed by atoms with Gasteiger partial charge in [0.05, 0.1) is 37.1 Å². The molecule has 0 unspecified atom stereocenters. The Morgan fingerprint density at radius 2 is 1.96 bits per heavy atom. The molecule has 1 saturated heterocycles. The first-order chi connectivity index (χ1) is 13.6. The summed E-state index contributed by atoms with van der Waals surface area (Å²) in [5.74, 6) is -1.63. The van der Waals surface area contributed by atoms with Gasteiger partial charge in [-0.15, -0.1) is 0 Å². The summed E-state index contributed by atoms with van der Waals surface area (Å²) in [5.41, 5.74) is 1.43. The lowest BCUT2D eigenvalue weighted by molar-refractivity contribution is 0.0600. The second-order valence-corrected chi connectivity index (χ2v) is 6.57. The highest BCUT2D eigenvalue weighted by Crippen LogP contribution is 2.41. The van der Waals surface area contributed by atoms with Crippen LogP contribution in [-0.2, 0) is 16.0 Å². The molecule has 2 aromatic rings. The van der Waals surface area contributed by atoms with Gasteiger partial charge in [0.1, 0.15) is 24.1 Å². The molecule has 1 fully saturated rings. The summed E-state index contributed by atoms with van der Waals surface area (Å²) in [6.07, 6.45) is 0. The first kappa shape index (κ1) is 18.6. The highest BCUT2D eigenvalue weighted by Gasteiger charge is 2.27. The van der Waals surface area contributed by atoms with Gasteiger partial charge in [-0.1, -0.05) is 6.07 Å². The minimum atomic E-state index is -0.716. The van der Waals surface area contributed by atoms with Crippen molar-refractivity contribution in [3.05, 3.63) is 47.0 Å². The Hall–Kier alpha value is -2.71. The first-order valence-electron chi connectivity index (χ1n) is 9.00. The summed E-state index contributed by atoms with van der Waals surface area (Å²) in [7, 11) is 1.24. The molecule has 4 rings (SSSR count). The van der Waals surface area contributed by atoms with E-state index < -0.39 is 17.6 Å². The molecule has 0 spiro atoms. The highest BCUT2D eigenvalue weighted by molar-refractivity contribution is 5.97. The molecule has 0 aromatic heterocycles. The molecule has 2 aliphatic heterocycles. The molecule has 1 N–H and O–H groups in total. The number of esters is 1. The number of carbonyl (C=O) groups is 1. The van der Waals surface area contributed by atoms with E-state index in [9.17, 15) is 9.18 Å². The lowest BCUT2D eigenvalue weighted by Gasteiger charge is -2.31. The fourth-order valence-corrected chi connectivity index (χ4v) is 3.56. The predicted molar refractivity (Wildman–Crippen MR) is 98.5 cm³/mol. The van der Waals surface area contributed by atoms with Crippen LogP contribution in [0.1, 0.15) is 15.9 Å². The Balaban J connectivity index is 1.90. The van der Waals surface area contributed by atoms with Gasteiger partial charge in [0.2, 0.25) is 0 Å². The molecule has 28 heavy (non-hydrogen) atoms. The lowest BCUT2D eigenvalue weighted by atomic mass is 9.96. The van der Waals surface area contributed by atoms with E-state index in [1.54, 1.807) is 6.07 Å². The molecule has 0 aliphatic carbocycles. The molecule has 0 amide bonds. The van der Waals surface area contributed by atoms with Crippen molar-refractivity contribution in [2.24, 2.45) is 0 Å². The number of halogens is 2. The summed E-state index contributed by atoms with van der Waals surface area (Å²) in [4.78, 5) is 14.1. The summed E-state index contributed by atoms with van der Waals surface area (Å²) in [6.45, 7) is 2.74. The van der Waals surface area contributed by atoms with Crippen molar-refractivity contribution in [3.63, 3.8) is 0 Å². The number of methoxy groups -OCH3 is 1. The summed E-state index contributed by atoms with van der Waals surface area (Å²) >= 11 is 0. The molecular weight excluding hydrogens is 370 g/mol. The van der Waals surface area contributed by atoms with E-state index in [0.29, 0.717) is 44.3 Å². The van der Waals surface area contributed by atoms with Crippen LogP contribution in [0.5, 0.6) is 5.75 Å². The van der Waals surface area contributed by atoms with Gasteiger partial charge in [0, 0.05) is 30.8 Å². The van der Waals surface area contributed by atoms with Gasteiger partial charge in [-0.3, -0.25) is 5.32 Å². The monoisotopic (exact) mass is 390 g/mol. The third-order valence-electron chi connectivity index (χ3n) is 4.93. The topological polar surface area (TPSA) is 60.0 Å². The number of morpholine rings is 1. The standard InChI is InChI=1S/C20H20F2N2O4/c1-26-20(25)14-8-16(22)13(9-17(14)24-4-6-27-7-5-24)18-15(21)3-2-12-10-23-11-28-19(12)18/h2-3,8-9,23H,4-7,10-11H2,1H3. The fourth-order valence-electron chi connectivity index (χ4n) is 3.56. The zero-order valence-corrected chi connectivity index (χ0v) is 15.4. The maximum atomic E-state index is 15.0. The number of nitrogens with zero attached hydrogens (tertiary/aromatic N) is 1. The average Bonchev–Trinajstić information content (AvgIpc) is 2.74. The molecule has 0 radical (unpaired) electrons. The number of hydrogen-bond donors (Lipinski definition) is 1. The smallest absolute Gasteiger partial charge is 0.340 e. The fraction of sp³-hybridized carbons (Fsp3) is 0.350. The molecule has 8 heteroatoms. The number of fused-ring (bicyclic) bond motifs is 1. The molecule has 2 heterocycles. The zero-order valence-electron chi connectivity index (χ0n) is 15.4. The number of carbonyl (C=O) groups excluding carboxylic acids is 1. The minimum Gasteiger partial charge on any atom is -0.477 e. The van der Waals surface area contributed by atoms with Crippen LogP contribution in [0.3, 0.4) is 0 Å². The van der Waals surface area contributed by atoms with Crippen LogP contribution < -0.4 is 15.0 Å². The molecule has 2 aromatic carbocycles. The van der Waals surface area contributed by atoms with Gasteiger partial charge in [0.25, 0.3) is 0 Å². The van der Waals surface area contributed by atoms with Gasteiger partial charge in [-0.25, -0.2) is 13.6 Å². The normalized spacial score (nSPS) is 16.3. The first-order valence-corrected chi connectivity index (χ1v) is 9.00. The van der Waals surface area contributed by atoms with Crippen LogP contribution in [0.25, 0.3) is 11.1 Å². The zero-order chi connectivity index (χ0) is 19.7. The van der Waals surface area contributed by atoms with Gasteiger partial charge in [0.15, 0.2) is 0 Å². The molecule has 2 aliphatic rings. The Morgan fingerprint density at radius 3 is 2.71 bits per heavy atom. The number of rotatable bonds is 3. The van der Waals surface area contributed by atoms with Gasteiger partial charge >= 0.3 is 5.97 Å². The molecule has 0 atom stereocenters. The molecular formula is C20H20F2N2O4. The number of benzene rings is 2. The van der Waals surface area contributed by atoms with E-state index in [4.69, 9.17) is 14.2 Å². The van der Waals surface area contributed by atoms with Crippen LogP contribution in [0.4, 0.5) is 14.5 Å². The number of anilines is 1. The van der Waals surface area contributed by atoms with Crippen molar-refractivity contribution in [2.75, 3.05) is 45.0 Å². The molecule has 6 nitrogen and oxygen atoms in total. The third-order valence-corrected chi connectivity index (χ3v) is 4.93. The largest absolute Gasteiger partial charge is 0.477 e. The molecule has 0 bridgehead atoms. The van der Waals surface area contributed by atoms with Crippen molar-refractivity contribution in [3.8, 4) is 16.9 Å². The molecule has 0 saturated carbocycles. The highest BCUT2D eigenvalue weighted by atomic mass is 19.1.